The number of epoxide rings is 1. The highest BCUT2D eigenvalue weighted by Gasteiger charge is 2.25. The van der Waals surface area contributed by atoms with Crippen LogP contribution in [0.25, 0.3) is 0 Å². The molecule has 70 valence electrons. The molecule has 0 spiro atoms. The fourth-order valence-electron chi connectivity index (χ4n) is 1.33. The van der Waals surface area contributed by atoms with Crippen LogP contribution in [0.2, 0.25) is 0 Å². The minimum absolute atomic E-state index is 0.130. The van der Waals surface area contributed by atoms with Crippen LogP contribution in [0.1, 0.15) is 11.7 Å². The summed E-state index contributed by atoms with van der Waals surface area (Å²) in [6.45, 7) is 0.723. The van der Waals surface area contributed by atoms with Gasteiger partial charge in [0.25, 0.3) is 0 Å². The predicted octanol–water partition coefficient (Wildman–Crippen LogP) is 1.96. The second-order valence-electron chi connectivity index (χ2n) is 3.43. The van der Waals surface area contributed by atoms with Crippen molar-refractivity contribution in [1.29, 1.82) is 0 Å². The molecule has 1 aliphatic rings. The highest BCUT2D eigenvalue weighted by molar-refractivity contribution is 5.48. The van der Waals surface area contributed by atoms with E-state index in [1.54, 1.807) is 17.0 Å². The standard InChI is InChI=1S/C10H12FNO/c1-12(2)9-4-3-7(5-8(9)11)10-6-13-10/h3-5,10H,6H2,1-2H3/t10-/m0/s1. The SMILES string of the molecule is CN(C)c1ccc([C@@H]2CO2)cc1F. The van der Waals surface area contributed by atoms with Crippen molar-refractivity contribution in [3.8, 4) is 0 Å². The monoisotopic (exact) mass is 181 g/mol. The Morgan fingerprint density at radius 3 is 2.62 bits per heavy atom. The van der Waals surface area contributed by atoms with Crippen molar-refractivity contribution in [2.75, 3.05) is 25.6 Å². The first-order chi connectivity index (χ1) is 6.18. The summed E-state index contributed by atoms with van der Waals surface area (Å²) in [5.74, 6) is -0.182. The number of halogens is 1. The van der Waals surface area contributed by atoms with Crippen molar-refractivity contribution in [2.24, 2.45) is 0 Å². The van der Waals surface area contributed by atoms with Gasteiger partial charge >= 0.3 is 0 Å². The molecule has 0 unspecified atom stereocenters. The summed E-state index contributed by atoms with van der Waals surface area (Å²) in [5, 5.41) is 0. The van der Waals surface area contributed by atoms with Crippen molar-refractivity contribution in [3.05, 3.63) is 29.6 Å². The van der Waals surface area contributed by atoms with E-state index in [1.807, 2.05) is 20.2 Å². The Hall–Kier alpha value is -1.09. The summed E-state index contributed by atoms with van der Waals surface area (Å²) in [7, 11) is 3.65. The lowest BCUT2D eigenvalue weighted by Crippen LogP contribution is -2.10. The van der Waals surface area contributed by atoms with Gasteiger partial charge in [0.1, 0.15) is 11.9 Å². The number of hydrogen-bond acceptors (Lipinski definition) is 2. The smallest absolute Gasteiger partial charge is 0.146 e. The summed E-state index contributed by atoms with van der Waals surface area (Å²) in [4.78, 5) is 1.76. The van der Waals surface area contributed by atoms with Gasteiger partial charge in [-0.05, 0) is 17.7 Å². The van der Waals surface area contributed by atoms with Crippen LogP contribution in [0.4, 0.5) is 10.1 Å². The fourth-order valence-corrected chi connectivity index (χ4v) is 1.33. The molecule has 0 aliphatic carbocycles. The van der Waals surface area contributed by atoms with Gasteiger partial charge in [0.2, 0.25) is 0 Å². The largest absolute Gasteiger partial charge is 0.375 e. The third kappa shape index (κ3) is 1.65. The Labute approximate surface area is 76.9 Å². The average molecular weight is 181 g/mol. The Morgan fingerprint density at radius 2 is 2.15 bits per heavy atom. The van der Waals surface area contributed by atoms with Crippen LogP contribution in [0, 0.1) is 5.82 Å². The summed E-state index contributed by atoms with van der Waals surface area (Å²) in [6, 6.07) is 5.25. The van der Waals surface area contributed by atoms with E-state index in [9.17, 15) is 4.39 Å². The van der Waals surface area contributed by atoms with Crippen molar-refractivity contribution >= 4 is 5.69 Å². The number of benzene rings is 1. The van der Waals surface area contributed by atoms with Gasteiger partial charge in [0.15, 0.2) is 0 Å². The Bertz CT molecular complexity index is 321. The predicted molar refractivity (Wildman–Crippen MR) is 49.4 cm³/mol. The van der Waals surface area contributed by atoms with Crippen LogP contribution in [-0.4, -0.2) is 20.7 Å². The Kier molecular flexibility index (Phi) is 1.96. The van der Waals surface area contributed by atoms with Crippen LogP contribution in [0.5, 0.6) is 0 Å². The number of rotatable bonds is 2. The molecule has 1 saturated heterocycles. The van der Waals surface area contributed by atoms with E-state index in [2.05, 4.69) is 0 Å². The van der Waals surface area contributed by atoms with Crippen LogP contribution in [-0.2, 0) is 4.74 Å². The minimum Gasteiger partial charge on any atom is -0.375 e. The normalized spacial score (nSPS) is 20.1. The molecular formula is C10H12FNO. The van der Waals surface area contributed by atoms with E-state index < -0.39 is 0 Å². The first-order valence-electron chi connectivity index (χ1n) is 4.27. The van der Waals surface area contributed by atoms with Gasteiger partial charge in [-0.1, -0.05) is 6.07 Å². The highest BCUT2D eigenvalue weighted by atomic mass is 19.1. The molecule has 0 radical (unpaired) electrons. The molecule has 1 atom stereocenters. The highest BCUT2D eigenvalue weighted by Crippen LogP contribution is 2.31. The van der Waals surface area contributed by atoms with Crippen LogP contribution >= 0.6 is 0 Å². The summed E-state index contributed by atoms with van der Waals surface area (Å²) >= 11 is 0. The quantitative estimate of drug-likeness (QED) is 0.648. The molecule has 0 saturated carbocycles. The van der Waals surface area contributed by atoms with Gasteiger partial charge < -0.3 is 9.64 Å². The van der Waals surface area contributed by atoms with Crippen molar-refractivity contribution in [2.45, 2.75) is 6.10 Å². The van der Waals surface area contributed by atoms with Gasteiger partial charge in [-0.3, -0.25) is 0 Å². The topological polar surface area (TPSA) is 15.8 Å². The van der Waals surface area contributed by atoms with E-state index in [0.29, 0.717) is 5.69 Å². The van der Waals surface area contributed by atoms with E-state index in [4.69, 9.17) is 4.74 Å². The maximum atomic E-state index is 13.4. The van der Waals surface area contributed by atoms with E-state index in [1.165, 1.54) is 0 Å². The molecule has 3 heteroatoms. The lowest BCUT2D eigenvalue weighted by atomic mass is 10.1. The second kappa shape index (κ2) is 3.00. The van der Waals surface area contributed by atoms with Gasteiger partial charge in [0, 0.05) is 14.1 Å². The third-order valence-corrected chi connectivity index (χ3v) is 2.16. The van der Waals surface area contributed by atoms with E-state index >= 15 is 0 Å². The average Bonchev–Trinajstić information content (AvgIpc) is 2.85. The molecule has 1 aromatic rings. The molecule has 2 nitrogen and oxygen atoms in total. The summed E-state index contributed by atoms with van der Waals surface area (Å²) in [6.07, 6.45) is 0.130. The molecule has 2 rings (SSSR count). The van der Waals surface area contributed by atoms with E-state index in [0.717, 1.165) is 12.2 Å². The molecule has 1 aliphatic heterocycles. The minimum atomic E-state index is -0.182. The lowest BCUT2D eigenvalue weighted by molar-refractivity contribution is 0.415. The molecule has 0 amide bonds. The Morgan fingerprint density at radius 1 is 1.46 bits per heavy atom. The van der Waals surface area contributed by atoms with Crippen molar-refractivity contribution in [1.82, 2.24) is 0 Å². The van der Waals surface area contributed by atoms with E-state index in [-0.39, 0.29) is 11.9 Å². The zero-order chi connectivity index (χ0) is 9.42. The first kappa shape index (κ1) is 8.51. The second-order valence-corrected chi connectivity index (χ2v) is 3.43. The number of anilines is 1. The fraction of sp³-hybridized carbons (Fsp3) is 0.400. The number of hydrogen-bond donors (Lipinski definition) is 0. The molecular weight excluding hydrogens is 169 g/mol. The third-order valence-electron chi connectivity index (χ3n) is 2.16. The molecule has 0 N–H and O–H groups in total. The van der Waals surface area contributed by atoms with Gasteiger partial charge in [-0.15, -0.1) is 0 Å². The first-order valence-corrected chi connectivity index (χ1v) is 4.27. The lowest BCUT2D eigenvalue weighted by Gasteiger charge is -2.13. The van der Waals surface area contributed by atoms with Gasteiger partial charge in [0.05, 0.1) is 12.3 Å². The zero-order valence-corrected chi connectivity index (χ0v) is 7.75. The molecule has 1 aromatic carbocycles. The summed E-state index contributed by atoms with van der Waals surface area (Å²) < 4.78 is 18.5. The van der Waals surface area contributed by atoms with Crippen molar-refractivity contribution in [3.63, 3.8) is 0 Å². The molecule has 1 heterocycles. The molecule has 0 bridgehead atoms. The molecule has 13 heavy (non-hydrogen) atoms. The molecule has 0 aromatic heterocycles. The number of ether oxygens (including phenoxy) is 1. The number of nitrogens with zero attached hydrogens (tertiary/aromatic N) is 1. The maximum Gasteiger partial charge on any atom is 0.146 e. The zero-order valence-electron chi connectivity index (χ0n) is 7.75. The van der Waals surface area contributed by atoms with Gasteiger partial charge in [-0.2, -0.15) is 0 Å². The van der Waals surface area contributed by atoms with Crippen LogP contribution < -0.4 is 4.90 Å². The molecule has 1 fully saturated rings. The summed E-state index contributed by atoms with van der Waals surface area (Å²) in [5.41, 5.74) is 1.55. The van der Waals surface area contributed by atoms with Gasteiger partial charge in [-0.25, -0.2) is 4.39 Å². The van der Waals surface area contributed by atoms with Crippen molar-refractivity contribution < 1.29 is 9.13 Å². The Balaban J connectivity index is 2.31. The maximum absolute atomic E-state index is 13.4. The van der Waals surface area contributed by atoms with Crippen LogP contribution in [0.3, 0.4) is 0 Å². The van der Waals surface area contributed by atoms with Crippen LogP contribution in [0.15, 0.2) is 18.2 Å².